The molecule has 0 atom stereocenters. The molecule has 8 heterocycles. The molecule has 0 amide bonds. The van der Waals surface area contributed by atoms with Crippen molar-refractivity contribution >= 4 is 157 Å². The molecule has 8 aromatic heterocycles. The second kappa shape index (κ2) is 29.7. The summed E-state index contributed by atoms with van der Waals surface area (Å²) in [7, 11) is -3.41. The maximum absolute atomic E-state index is 14.8. The molecule has 0 aliphatic carbocycles. The number of pyridine rings is 4. The molecule has 128 heavy (non-hydrogen) atoms. The number of nitrogens with zero attached hydrogens (tertiary/aromatic N) is 8. The van der Waals surface area contributed by atoms with Gasteiger partial charge in [0.1, 0.15) is 46.5 Å². The van der Waals surface area contributed by atoms with E-state index in [1.807, 2.05) is 36.9 Å². The van der Waals surface area contributed by atoms with Gasteiger partial charge in [0.2, 0.25) is 0 Å². The van der Waals surface area contributed by atoms with Crippen LogP contribution >= 0.6 is 0 Å². The molecule has 0 N–H and O–H groups in total. The molecular formula is C110H84F8N8Si2. The smallest absolute Gasteiger partial charge is 0.123 e. The maximum Gasteiger partial charge on any atom is 0.123 e. The third-order valence-corrected chi connectivity index (χ3v) is 29.6. The highest BCUT2D eigenvalue weighted by atomic mass is 28.3. The predicted molar refractivity (Wildman–Crippen MR) is 516 cm³/mol. The Hall–Kier alpha value is -14.2. The monoisotopic (exact) mass is 1720 g/mol. The first-order valence-electron chi connectivity index (χ1n) is 42.8. The standard InChI is InChI=1S/C56H42F4N4.C54H42F4N4Si2/c1-55(2,3)31-7-17-47(61-29-31)53-39-15-13-38(64-51-21-11-35(59)25-43(51)44-26-36(60)12-22-52(44)64)28-46(39)54(48-18-8-32(30-62-48)56(4,5)6)40-16-14-37(27-45(40)53)63-49-19-9-33(57)23-41(49)42-24-34(58)10-20-50(42)63;1-63(2,3)37-13-17-47(59-29-37)53-39-15-11-36(62-51-21-9-33(57)25-43(51)44-26-34(58)10-22-52(44)62)28-46(39)54(48-18-14-38(30-60-48)64(4,5)6)40-16-12-35(27-45(40)53)61-49-19-7-31(55)23-41(49)42-24-32(56)8-20-50(42)61/h2*7-30H,1-6H3. The highest BCUT2D eigenvalue weighted by Gasteiger charge is 2.30. The fourth-order valence-electron chi connectivity index (χ4n) is 19.0. The van der Waals surface area contributed by atoms with Gasteiger partial charge in [-0.15, -0.1) is 0 Å². The molecule has 0 radical (unpaired) electrons. The molecule has 0 aliphatic heterocycles. The van der Waals surface area contributed by atoms with Crippen LogP contribution < -0.4 is 10.4 Å². The van der Waals surface area contributed by atoms with Gasteiger partial charge in [0.05, 0.1) is 83.1 Å². The van der Waals surface area contributed by atoms with Crippen molar-refractivity contribution in [3.63, 3.8) is 0 Å². The Kier molecular flexibility index (Phi) is 18.8. The van der Waals surface area contributed by atoms with Gasteiger partial charge in [0.15, 0.2) is 0 Å². The fourth-order valence-corrected chi connectivity index (χ4v) is 21.1. The lowest BCUT2D eigenvalue weighted by Gasteiger charge is -2.22. The molecule has 0 aliphatic rings. The largest absolute Gasteiger partial charge is 0.309 e. The first-order valence-corrected chi connectivity index (χ1v) is 49.8. The summed E-state index contributed by atoms with van der Waals surface area (Å²) in [6.07, 6.45) is 7.90. The molecule has 18 heteroatoms. The Labute approximate surface area is 734 Å². The van der Waals surface area contributed by atoms with Gasteiger partial charge in [0, 0.05) is 113 Å². The van der Waals surface area contributed by atoms with E-state index < -0.39 is 62.7 Å². The molecule has 0 spiro atoms. The quantitative estimate of drug-likeness (QED) is 0.0777. The average molecular weight is 1730 g/mol. The molecular weight excluding hydrogens is 1640 g/mol. The van der Waals surface area contributed by atoms with Crippen molar-refractivity contribution in [2.75, 3.05) is 0 Å². The fraction of sp³-hybridized carbons (Fsp3) is 0.127. The number of halogens is 8. The summed E-state index contributed by atoms with van der Waals surface area (Å²) in [6, 6.07) is 79.5. The molecule has 0 fully saturated rings. The van der Waals surface area contributed by atoms with E-state index in [1.165, 1.54) is 107 Å². The van der Waals surface area contributed by atoms with E-state index in [4.69, 9.17) is 19.9 Å². The normalized spacial score (nSPS) is 12.5. The first-order chi connectivity index (χ1) is 61.2. The number of benzene rings is 14. The summed E-state index contributed by atoms with van der Waals surface area (Å²) in [5.41, 5.74) is 17.9. The van der Waals surface area contributed by atoms with Gasteiger partial charge < -0.3 is 18.3 Å². The molecule has 0 unspecified atom stereocenters. The third kappa shape index (κ3) is 13.6. The van der Waals surface area contributed by atoms with Crippen LogP contribution in [0.5, 0.6) is 0 Å². The predicted octanol–water partition coefficient (Wildman–Crippen LogP) is 29.4. The zero-order valence-electron chi connectivity index (χ0n) is 72.3. The second-order valence-electron chi connectivity index (χ2n) is 37.8. The summed E-state index contributed by atoms with van der Waals surface area (Å²) in [5, 5.41) is 14.8. The summed E-state index contributed by atoms with van der Waals surface area (Å²) in [4.78, 5) is 20.7. The molecule has 22 rings (SSSR count). The van der Waals surface area contributed by atoms with E-state index in [2.05, 4.69) is 208 Å². The van der Waals surface area contributed by atoms with Crippen molar-refractivity contribution in [3.05, 3.63) is 349 Å². The van der Waals surface area contributed by atoms with E-state index in [0.717, 1.165) is 166 Å². The van der Waals surface area contributed by atoms with Crippen molar-refractivity contribution in [2.24, 2.45) is 0 Å². The van der Waals surface area contributed by atoms with Crippen molar-refractivity contribution in [2.45, 2.75) is 91.7 Å². The lowest BCUT2D eigenvalue weighted by atomic mass is 9.85. The van der Waals surface area contributed by atoms with Gasteiger partial charge in [0.25, 0.3) is 0 Å². The van der Waals surface area contributed by atoms with Crippen LogP contribution in [-0.4, -0.2) is 54.4 Å². The van der Waals surface area contributed by atoms with Crippen LogP contribution in [0.4, 0.5) is 35.1 Å². The van der Waals surface area contributed by atoms with Crippen LogP contribution in [0.3, 0.4) is 0 Å². The summed E-state index contributed by atoms with van der Waals surface area (Å²) in [6.45, 7) is 26.8. The van der Waals surface area contributed by atoms with Crippen LogP contribution in [0, 0.1) is 46.5 Å². The topological polar surface area (TPSA) is 71.3 Å². The van der Waals surface area contributed by atoms with Gasteiger partial charge in [-0.2, -0.15) is 0 Å². The van der Waals surface area contributed by atoms with Crippen LogP contribution in [-0.2, 0) is 10.8 Å². The van der Waals surface area contributed by atoms with Crippen LogP contribution in [0.1, 0.15) is 52.7 Å². The number of hydrogen-bond acceptors (Lipinski definition) is 4. The van der Waals surface area contributed by atoms with Gasteiger partial charge in [-0.25, -0.2) is 35.1 Å². The minimum absolute atomic E-state index is 0.129. The minimum atomic E-state index is -1.71. The Morgan fingerprint density at radius 1 is 0.203 bits per heavy atom. The summed E-state index contributed by atoms with van der Waals surface area (Å²) in [5.74, 6) is -3.19. The van der Waals surface area contributed by atoms with Crippen molar-refractivity contribution in [1.29, 1.82) is 0 Å². The lowest BCUT2D eigenvalue weighted by molar-refractivity contribution is 0.587. The highest BCUT2D eigenvalue weighted by molar-refractivity contribution is 6.89. The van der Waals surface area contributed by atoms with Gasteiger partial charge in [-0.1, -0.05) is 129 Å². The second-order valence-corrected chi connectivity index (χ2v) is 47.9. The lowest BCUT2D eigenvalue weighted by Crippen LogP contribution is -2.37. The number of rotatable bonds is 10. The Bertz CT molecular complexity index is 7210. The van der Waals surface area contributed by atoms with Crippen LogP contribution in [0.25, 0.3) is 198 Å². The van der Waals surface area contributed by atoms with Crippen LogP contribution in [0.2, 0.25) is 39.3 Å². The van der Waals surface area contributed by atoms with E-state index >= 15 is 0 Å². The van der Waals surface area contributed by atoms with Gasteiger partial charge in [-0.3, -0.25) is 19.9 Å². The van der Waals surface area contributed by atoms with Crippen molar-refractivity contribution in [1.82, 2.24) is 38.2 Å². The molecule has 628 valence electrons. The third-order valence-electron chi connectivity index (χ3n) is 25.5. The average Bonchev–Trinajstić information content (AvgIpc) is 1.18. The number of hydrogen-bond donors (Lipinski definition) is 0. The maximum atomic E-state index is 14.8. The molecule has 0 saturated heterocycles. The van der Waals surface area contributed by atoms with E-state index in [0.29, 0.717) is 43.1 Å². The van der Waals surface area contributed by atoms with Crippen molar-refractivity contribution < 1.29 is 35.1 Å². The van der Waals surface area contributed by atoms with Crippen molar-refractivity contribution in [3.8, 4) is 67.8 Å². The Balaban J connectivity index is 0.000000156. The molecule has 8 nitrogen and oxygen atoms in total. The molecule has 0 saturated carbocycles. The van der Waals surface area contributed by atoms with E-state index in [-0.39, 0.29) is 10.8 Å². The Morgan fingerprint density at radius 3 is 0.562 bits per heavy atom. The number of fused-ring (bicyclic) bond motifs is 16. The zero-order valence-corrected chi connectivity index (χ0v) is 74.3. The van der Waals surface area contributed by atoms with E-state index in [9.17, 15) is 35.1 Å². The van der Waals surface area contributed by atoms with Crippen LogP contribution in [0.15, 0.2) is 292 Å². The molecule has 22 aromatic rings. The first kappa shape index (κ1) is 80.9. The zero-order chi connectivity index (χ0) is 88.8. The van der Waals surface area contributed by atoms with Gasteiger partial charge >= 0.3 is 0 Å². The molecule has 14 aromatic carbocycles. The summed E-state index contributed by atoms with van der Waals surface area (Å²) >= 11 is 0. The highest BCUT2D eigenvalue weighted by Crippen LogP contribution is 2.50. The Morgan fingerprint density at radius 2 is 0.398 bits per heavy atom. The SMILES string of the molecule is CC(C)(C)c1ccc(-c2c3ccc(-n4c5ccc(F)cc5c5cc(F)ccc54)cc3c(-c3ccc(C(C)(C)C)cn3)c3ccc(-n4c5ccc(F)cc5c5cc(F)ccc54)cc23)nc1.C[Si](C)(C)c1ccc(-c2c3ccc(-n4c5ccc(F)cc5c5cc(F)ccc54)cc3c(-c3ccc([Si](C)(C)C)cn3)c3ccc(-n4c5ccc(F)cc5c5cc(F)ccc54)cc23)nc1. The molecule has 0 bridgehead atoms. The van der Waals surface area contributed by atoms with E-state index in [1.54, 1.807) is 48.5 Å². The van der Waals surface area contributed by atoms with Gasteiger partial charge in [-0.05, 0) is 294 Å². The summed E-state index contributed by atoms with van der Waals surface area (Å²) < 4.78 is 127. The minimum Gasteiger partial charge on any atom is -0.309 e. The number of aromatic nitrogens is 8.